The molecule has 1 amide bonds. The van der Waals surface area contributed by atoms with Gasteiger partial charge in [-0.3, -0.25) is 4.79 Å². The summed E-state index contributed by atoms with van der Waals surface area (Å²) in [5.74, 6) is 0.259. The van der Waals surface area contributed by atoms with Crippen molar-refractivity contribution >= 4 is 14.9 Å². The Balaban J connectivity index is 2.78. The molecule has 1 radical (unpaired) electrons. The Morgan fingerprint density at radius 3 is 2.38 bits per heavy atom. The van der Waals surface area contributed by atoms with E-state index in [9.17, 15) is 4.79 Å². The second kappa shape index (κ2) is 5.32. The first kappa shape index (κ1) is 13.7. The first-order chi connectivity index (χ1) is 7.32. The quantitative estimate of drug-likeness (QED) is 0.712. The number of likely N-dealkylation sites (tertiary alicyclic amines) is 1. The average Bonchev–Trinajstić information content (AvgIpc) is 2.13. The fourth-order valence-corrected chi connectivity index (χ4v) is 2.93. The van der Waals surface area contributed by atoms with Crippen molar-refractivity contribution in [2.24, 2.45) is 5.41 Å². The van der Waals surface area contributed by atoms with Gasteiger partial charge in [-0.25, -0.2) is 0 Å². The molecule has 1 saturated heterocycles. The van der Waals surface area contributed by atoms with Gasteiger partial charge in [0.15, 0.2) is 0 Å². The molecule has 1 heterocycles. The molecule has 0 N–H and O–H groups in total. The van der Waals surface area contributed by atoms with Gasteiger partial charge in [-0.05, 0) is 25.9 Å². The Morgan fingerprint density at radius 1 is 1.31 bits per heavy atom. The molecule has 0 aromatic rings. The normalized spacial score (nSPS) is 20.4. The summed E-state index contributed by atoms with van der Waals surface area (Å²) >= 11 is 0. The molecule has 1 aliphatic rings. The molecule has 0 saturated carbocycles. The van der Waals surface area contributed by atoms with Crippen LogP contribution in [0.1, 0.15) is 40.0 Å². The molecule has 0 spiro atoms. The molecule has 3 nitrogen and oxygen atoms in total. The topological polar surface area (TPSA) is 29.5 Å². The van der Waals surface area contributed by atoms with E-state index in [1.54, 1.807) is 0 Å². The predicted octanol–water partition coefficient (Wildman–Crippen LogP) is 2.64. The van der Waals surface area contributed by atoms with E-state index < -0.39 is 9.04 Å². The van der Waals surface area contributed by atoms with Gasteiger partial charge in [-0.2, -0.15) is 0 Å². The lowest BCUT2D eigenvalue weighted by atomic mass is 9.92. The minimum Gasteiger partial charge on any atom is -0.397 e. The zero-order chi connectivity index (χ0) is 12.3. The third-order valence-electron chi connectivity index (χ3n) is 2.73. The Labute approximate surface area is 101 Å². The van der Waals surface area contributed by atoms with E-state index in [-0.39, 0.29) is 17.6 Å². The van der Waals surface area contributed by atoms with Crippen LogP contribution in [0.4, 0.5) is 0 Å². The van der Waals surface area contributed by atoms with Crippen LogP contribution in [0, 0.1) is 5.41 Å². The first-order valence-electron chi connectivity index (χ1n) is 6.08. The number of carbonyl (C=O) groups excluding carboxylic acids is 1. The van der Waals surface area contributed by atoms with Gasteiger partial charge in [-0.1, -0.05) is 20.8 Å². The van der Waals surface area contributed by atoms with Crippen molar-refractivity contribution < 1.29 is 9.22 Å². The van der Waals surface area contributed by atoms with Gasteiger partial charge in [0.05, 0.1) is 0 Å². The zero-order valence-electron chi connectivity index (χ0n) is 11.2. The summed E-state index contributed by atoms with van der Waals surface area (Å²) in [5.41, 5.74) is -0.00502. The van der Waals surface area contributed by atoms with E-state index in [2.05, 4.69) is 33.9 Å². The third kappa shape index (κ3) is 3.59. The molecule has 0 aromatic heterocycles. The average molecular weight is 242 g/mol. The van der Waals surface area contributed by atoms with Crippen LogP contribution < -0.4 is 0 Å². The Hall–Kier alpha value is -0.353. The lowest BCUT2D eigenvalue weighted by molar-refractivity contribution is -0.150. The first-order valence-corrected chi connectivity index (χ1v) is 8.49. The highest BCUT2D eigenvalue weighted by Gasteiger charge is 2.35. The summed E-state index contributed by atoms with van der Waals surface area (Å²) in [4.78, 5) is 13.9. The number of carbonyl (C=O) groups is 1. The zero-order valence-corrected chi connectivity index (χ0v) is 12.2. The minimum absolute atomic E-state index is 0.00502. The van der Waals surface area contributed by atoms with Gasteiger partial charge >= 0.3 is 0 Å². The predicted molar refractivity (Wildman–Crippen MR) is 67.4 cm³/mol. The van der Waals surface area contributed by atoms with E-state index in [0.29, 0.717) is 6.42 Å². The van der Waals surface area contributed by atoms with E-state index in [4.69, 9.17) is 4.43 Å². The fourth-order valence-electron chi connectivity index (χ4n) is 2.01. The second-order valence-corrected chi connectivity index (χ2v) is 7.84. The van der Waals surface area contributed by atoms with Crippen molar-refractivity contribution in [3.8, 4) is 0 Å². The van der Waals surface area contributed by atoms with Crippen LogP contribution in [0.25, 0.3) is 0 Å². The molecule has 0 bridgehead atoms. The number of hydrogen-bond acceptors (Lipinski definition) is 2. The van der Waals surface area contributed by atoms with Gasteiger partial charge in [-0.15, -0.1) is 0 Å². The standard InChI is InChI=1S/C12H24NO2Si/c1-12(2,3)11(15-16(4)5)13-9-7-6-8-10(13)14/h11H,6-9H2,1-5H3. The number of amides is 1. The maximum Gasteiger partial charge on any atom is 0.224 e. The van der Waals surface area contributed by atoms with Gasteiger partial charge in [0.2, 0.25) is 14.9 Å². The van der Waals surface area contributed by atoms with Crippen LogP contribution in [-0.4, -0.2) is 32.6 Å². The van der Waals surface area contributed by atoms with Gasteiger partial charge in [0, 0.05) is 18.4 Å². The highest BCUT2D eigenvalue weighted by Crippen LogP contribution is 2.28. The summed E-state index contributed by atoms with van der Waals surface area (Å²) in [6, 6.07) is 0. The van der Waals surface area contributed by atoms with Gasteiger partial charge < -0.3 is 9.33 Å². The molecule has 1 aliphatic heterocycles. The van der Waals surface area contributed by atoms with Crippen LogP contribution in [0.5, 0.6) is 0 Å². The number of piperidine rings is 1. The van der Waals surface area contributed by atoms with Gasteiger partial charge in [0.25, 0.3) is 0 Å². The molecule has 1 atom stereocenters. The summed E-state index contributed by atoms with van der Waals surface area (Å²) < 4.78 is 6.03. The smallest absolute Gasteiger partial charge is 0.224 e. The summed E-state index contributed by atoms with van der Waals surface area (Å²) in [6.07, 6.45) is 2.77. The van der Waals surface area contributed by atoms with Crippen LogP contribution in [0.2, 0.25) is 13.1 Å². The van der Waals surface area contributed by atoms with Crippen molar-refractivity contribution in [1.82, 2.24) is 4.90 Å². The van der Waals surface area contributed by atoms with Crippen LogP contribution in [-0.2, 0) is 9.22 Å². The monoisotopic (exact) mass is 242 g/mol. The van der Waals surface area contributed by atoms with Gasteiger partial charge in [0.1, 0.15) is 6.23 Å². The van der Waals surface area contributed by atoms with Crippen LogP contribution >= 0.6 is 0 Å². The highest BCUT2D eigenvalue weighted by molar-refractivity contribution is 6.48. The van der Waals surface area contributed by atoms with Crippen LogP contribution in [0.15, 0.2) is 0 Å². The van der Waals surface area contributed by atoms with E-state index in [1.807, 2.05) is 4.90 Å². The Morgan fingerprint density at radius 2 is 1.94 bits per heavy atom. The molecule has 1 rings (SSSR count). The lowest BCUT2D eigenvalue weighted by Gasteiger charge is -2.42. The fraction of sp³-hybridized carbons (Fsp3) is 0.917. The molecule has 4 heteroatoms. The van der Waals surface area contributed by atoms with Crippen molar-refractivity contribution in [2.75, 3.05) is 6.54 Å². The molecular weight excluding hydrogens is 218 g/mol. The summed E-state index contributed by atoms with van der Waals surface area (Å²) in [7, 11) is -0.781. The van der Waals surface area contributed by atoms with E-state index >= 15 is 0 Å². The molecule has 1 unspecified atom stereocenters. The molecular formula is C12H24NO2Si. The maximum atomic E-state index is 11.9. The molecule has 0 aliphatic carbocycles. The van der Waals surface area contributed by atoms with Crippen molar-refractivity contribution in [3.05, 3.63) is 0 Å². The molecule has 93 valence electrons. The number of nitrogens with zero attached hydrogens (tertiary/aromatic N) is 1. The Bertz CT molecular complexity index is 248. The highest BCUT2D eigenvalue weighted by atomic mass is 28.3. The lowest BCUT2D eigenvalue weighted by Crippen LogP contribution is -2.52. The minimum atomic E-state index is -0.781. The largest absolute Gasteiger partial charge is 0.397 e. The van der Waals surface area contributed by atoms with Crippen LogP contribution in [0.3, 0.4) is 0 Å². The van der Waals surface area contributed by atoms with E-state index in [1.165, 1.54) is 0 Å². The maximum absolute atomic E-state index is 11.9. The van der Waals surface area contributed by atoms with Crippen molar-refractivity contribution in [1.29, 1.82) is 0 Å². The summed E-state index contributed by atoms with van der Waals surface area (Å²) in [5, 5.41) is 0. The second-order valence-electron chi connectivity index (χ2n) is 5.79. The SMILES string of the molecule is C[Si](C)OC(N1CCCCC1=O)C(C)(C)C. The third-order valence-corrected chi connectivity index (χ3v) is 3.43. The van der Waals surface area contributed by atoms with Crippen molar-refractivity contribution in [2.45, 2.75) is 59.4 Å². The molecule has 16 heavy (non-hydrogen) atoms. The summed E-state index contributed by atoms with van der Waals surface area (Å²) in [6.45, 7) is 11.5. The van der Waals surface area contributed by atoms with E-state index in [0.717, 1.165) is 19.4 Å². The molecule has 1 fully saturated rings. The van der Waals surface area contributed by atoms with Crippen molar-refractivity contribution in [3.63, 3.8) is 0 Å². The Kier molecular flexibility index (Phi) is 4.56. The number of rotatable bonds is 3. The number of hydrogen-bond donors (Lipinski definition) is 0. The molecule has 0 aromatic carbocycles.